The van der Waals surface area contributed by atoms with Crippen LogP contribution in [0, 0.1) is 5.82 Å². The Hall–Kier alpha value is -1.01. The number of nitrogens with zero attached hydrogens (tertiary/aromatic N) is 2. The molecule has 1 aliphatic rings. The van der Waals surface area contributed by atoms with Gasteiger partial charge in [0, 0.05) is 25.7 Å². The molecular weight excluding hydrogens is 281 g/mol. The Morgan fingerprint density at radius 1 is 1.41 bits per heavy atom. The topological polar surface area (TPSA) is 38.7 Å². The molecule has 0 radical (unpaired) electrons. The molecule has 0 amide bonds. The van der Waals surface area contributed by atoms with E-state index in [1.54, 1.807) is 12.1 Å². The predicted octanol–water partition coefficient (Wildman–Crippen LogP) is 1.30. The summed E-state index contributed by atoms with van der Waals surface area (Å²) in [5.74, 6) is -0.199. The van der Waals surface area contributed by atoms with Crippen molar-refractivity contribution in [1.29, 1.82) is 0 Å². The van der Waals surface area contributed by atoms with Crippen LogP contribution in [-0.4, -0.2) is 67.3 Å². The zero-order valence-corrected chi connectivity index (χ0v) is 13.6. The van der Waals surface area contributed by atoms with E-state index in [2.05, 4.69) is 29.2 Å². The van der Waals surface area contributed by atoms with Crippen molar-refractivity contribution in [2.24, 2.45) is 0 Å². The van der Waals surface area contributed by atoms with E-state index in [1.165, 1.54) is 6.07 Å². The maximum Gasteiger partial charge on any atom is 0.123 e. The van der Waals surface area contributed by atoms with Gasteiger partial charge in [-0.05, 0) is 57.7 Å². The lowest BCUT2D eigenvalue weighted by Crippen LogP contribution is -2.52. The van der Waals surface area contributed by atoms with E-state index >= 15 is 0 Å². The Kier molecular flexibility index (Phi) is 6.76. The van der Waals surface area contributed by atoms with E-state index in [0.29, 0.717) is 13.1 Å². The van der Waals surface area contributed by atoms with Gasteiger partial charge in [-0.15, -0.1) is 0 Å². The van der Waals surface area contributed by atoms with Crippen LogP contribution in [0.3, 0.4) is 0 Å². The Morgan fingerprint density at radius 3 is 2.91 bits per heavy atom. The second kappa shape index (κ2) is 8.58. The molecule has 5 heteroatoms. The molecule has 0 spiro atoms. The lowest BCUT2D eigenvalue weighted by atomic mass is 10.0. The maximum atomic E-state index is 13.2. The highest BCUT2D eigenvalue weighted by Gasteiger charge is 2.27. The Balaban J connectivity index is 1.73. The first kappa shape index (κ1) is 17.3. The maximum absolute atomic E-state index is 13.2. The van der Waals surface area contributed by atoms with Gasteiger partial charge < -0.3 is 15.3 Å². The first-order chi connectivity index (χ1) is 10.5. The van der Waals surface area contributed by atoms with Crippen LogP contribution in [0.25, 0.3) is 0 Å². The average Bonchev–Trinajstić information content (AvgIpc) is 2.45. The second-order valence-corrected chi connectivity index (χ2v) is 6.44. The van der Waals surface area contributed by atoms with Gasteiger partial charge >= 0.3 is 0 Å². The first-order valence-corrected chi connectivity index (χ1v) is 8.07. The van der Waals surface area contributed by atoms with Crippen LogP contribution in [-0.2, 0) is 6.54 Å². The van der Waals surface area contributed by atoms with Gasteiger partial charge in [-0.2, -0.15) is 0 Å². The van der Waals surface area contributed by atoms with Crippen molar-refractivity contribution in [2.75, 3.05) is 40.3 Å². The third-order valence-electron chi connectivity index (χ3n) is 4.15. The molecule has 0 bridgehead atoms. The number of aliphatic hydroxyl groups is 1. The van der Waals surface area contributed by atoms with E-state index in [9.17, 15) is 9.50 Å². The highest BCUT2D eigenvalue weighted by atomic mass is 19.1. The third kappa shape index (κ3) is 5.65. The number of benzene rings is 1. The highest BCUT2D eigenvalue weighted by Crippen LogP contribution is 2.15. The molecule has 0 unspecified atom stereocenters. The van der Waals surface area contributed by atoms with E-state index in [1.807, 2.05) is 6.07 Å². The molecule has 124 valence electrons. The first-order valence-electron chi connectivity index (χ1n) is 8.07. The summed E-state index contributed by atoms with van der Waals surface area (Å²) < 4.78 is 13.2. The number of halogens is 1. The molecule has 1 aromatic carbocycles. The number of aliphatic hydroxyl groups excluding tert-OH is 1. The molecule has 2 rings (SSSR count). The minimum absolute atomic E-state index is 0.172. The van der Waals surface area contributed by atoms with Crippen LogP contribution >= 0.6 is 0 Å². The molecular formula is C17H28FN3O. The van der Waals surface area contributed by atoms with Crippen molar-refractivity contribution in [1.82, 2.24) is 15.1 Å². The summed E-state index contributed by atoms with van der Waals surface area (Å²) in [6.45, 7) is 4.26. The summed E-state index contributed by atoms with van der Waals surface area (Å²) in [6.07, 6.45) is 1.66. The molecule has 2 N–H and O–H groups in total. The van der Waals surface area contributed by atoms with Crippen molar-refractivity contribution in [3.8, 4) is 0 Å². The predicted molar refractivity (Wildman–Crippen MR) is 87.3 cm³/mol. The van der Waals surface area contributed by atoms with Crippen molar-refractivity contribution in [2.45, 2.75) is 31.5 Å². The van der Waals surface area contributed by atoms with Crippen LogP contribution in [0.1, 0.15) is 18.4 Å². The van der Waals surface area contributed by atoms with E-state index in [4.69, 9.17) is 0 Å². The smallest absolute Gasteiger partial charge is 0.123 e. The molecule has 1 aliphatic heterocycles. The number of nitrogens with one attached hydrogen (secondary N) is 1. The number of hydrogen-bond donors (Lipinski definition) is 2. The van der Waals surface area contributed by atoms with Crippen LogP contribution in [0.2, 0.25) is 0 Å². The Labute approximate surface area is 132 Å². The molecule has 0 saturated carbocycles. The standard InChI is InChI=1S/C17H28FN3O/c1-20(2)9-4-8-19-16-7-10-21(13-17(16)22)12-14-5-3-6-15(18)11-14/h3,5-6,11,16-17,19,22H,4,7-10,12-13H2,1-2H3/t16-,17-/m1/s1. The minimum atomic E-state index is -0.360. The second-order valence-electron chi connectivity index (χ2n) is 6.44. The van der Waals surface area contributed by atoms with Gasteiger partial charge in [0.2, 0.25) is 0 Å². The number of rotatable bonds is 7. The SMILES string of the molecule is CN(C)CCCN[C@@H]1CCN(Cc2cccc(F)c2)C[C@H]1O. The lowest BCUT2D eigenvalue weighted by molar-refractivity contribution is 0.0370. The van der Waals surface area contributed by atoms with Gasteiger partial charge in [-0.1, -0.05) is 12.1 Å². The van der Waals surface area contributed by atoms with Crippen molar-refractivity contribution in [3.05, 3.63) is 35.6 Å². The summed E-state index contributed by atoms with van der Waals surface area (Å²) in [5, 5.41) is 13.7. The zero-order valence-electron chi connectivity index (χ0n) is 13.6. The number of β-amino-alcohol motifs (C(OH)–C–C–N with tert-alkyl or cyclic N) is 1. The molecule has 1 saturated heterocycles. The van der Waals surface area contributed by atoms with E-state index in [0.717, 1.165) is 38.0 Å². The fourth-order valence-corrected chi connectivity index (χ4v) is 2.96. The monoisotopic (exact) mass is 309 g/mol. The van der Waals surface area contributed by atoms with Crippen LogP contribution < -0.4 is 5.32 Å². The largest absolute Gasteiger partial charge is 0.390 e. The van der Waals surface area contributed by atoms with Crippen LogP contribution in [0.4, 0.5) is 4.39 Å². The fraction of sp³-hybridized carbons (Fsp3) is 0.647. The molecule has 1 aromatic rings. The number of likely N-dealkylation sites (tertiary alicyclic amines) is 1. The van der Waals surface area contributed by atoms with Crippen molar-refractivity contribution in [3.63, 3.8) is 0 Å². The van der Waals surface area contributed by atoms with Gasteiger partial charge in [0.15, 0.2) is 0 Å². The Bertz CT molecular complexity index is 455. The van der Waals surface area contributed by atoms with Gasteiger partial charge in [-0.3, -0.25) is 4.90 Å². The molecule has 1 fully saturated rings. The summed E-state index contributed by atoms with van der Waals surface area (Å²) in [4.78, 5) is 4.36. The van der Waals surface area contributed by atoms with Gasteiger partial charge in [0.05, 0.1) is 6.10 Å². The summed E-state index contributed by atoms with van der Waals surface area (Å²) in [5.41, 5.74) is 0.963. The van der Waals surface area contributed by atoms with E-state index in [-0.39, 0.29) is 18.0 Å². The van der Waals surface area contributed by atoms with Gasteiger partial charge in [-0.25, -0.2) is 4.39 Å². The summed E-state index contributed by atoms with van der Waals surface area (Å²) in [6, 6.07) is 6.87. The molecule has 0 aliphatic carbocycles. The average molecular weight is 309 g/mol. The van der Waals surface area contributed by atoms with Crippen molar-refractivity contribution >= 4 is 0 Å². The zero-order chi connectivity index (χ0) is 15.9. The number of piperidine rings is 1. The van der Waals surface area contributed by atoms with Gasteiger partial charge in [0.1, 0.15) is 5.82 Å². The van der Waals surface area contributed by atoms with E-state index < -0.39 is 0 Å². The van der Waals surface area contributed by atoms with Crippen LogP contribution in [0.5, 0.6) is 0 Å². The molecule has 0 aromatic heterocycles. The Morgan fingerprint density at radius 2 is 2.23 bits per heavy atom. The normalized spacial score (nSPS) is 23.1. The van der Waals surface area contributed by atoms with Gasteiger partial charge in [0.25, 0.3) is 0 Å². The summed E-state index contributed by atoms with van der Waals surface area (Å²) in [7, 11) is 4.14. The van der Waals surface area contributed by atoms with Crippen molar-refractivity contribution < 1.29 is 9.50 Å². The number of hydrogen-bond acceptors (Lipinski definition) is 4. The fourth-order valence-electron chi connectivity index (χ4n) is 2.96. The molecule has 2 atom stereocenters. The van der Waals surface area contributed by atoms with Crippen LogP contribution in [0.15, 0.2) is 24.3 Å². The quantitative estimate of drug-likeness (QED) is 0.745. The molecule has 1 heterocycles. The summed E-state index contributed by atoms with van der Waals surface area (Å²) >= 11 is 0. The molecule has 4 nitrogen and oxygen atoms in total. The minimum Gasteiger partial charge on any atom is -0.390 e. The lowest BCUT2D eigenvalue weighted by Gasteiger charge is -2.36. The third-order valence-corrected chi connectivity index (χ3v) is 4.15. The highest BCUT2D eigenvalue weighted by molar-refractivity contribution is 5.16. The molecule has 22 heavy (non-hydrogen) atoms.